The third kappa shape index (κ3) is 1.75. The second-order valence-electron chi connectivity index (χ2n) is 5.34. The van der Waals surface area contributed by atoms with Gasteiger partial charge in [0.1, 0.15) is 5.58 Å². The van der Waals surface area contributed by atoms with Gasteiger partial charge in [-0.25, -0.2) is 0 Å². The third-order valence-corrected chi connectivity index (χ3v) is 3.77. The smallest absolute Gasteiger partial charge is 0.217 e. The minimum Gasteiger partial charge on any atom is -0.453 e. The Balaban J connectivity index is 2.01. The van der Waals surface area contributed by atoms with Gasteiger partial charge in [0.25, 0.3) is 0 Å². The number of benzene rings is 1. The highest BCUT2D eigenvalue weighted by atomic mass is 16.3. The van der Waals surface area contributed by atoms with Gasteiger partial charge in [0.15, 0.2) is 5.76 Å². The van der Waals surface area contributed by atoms with Crippen LogP contribution in [-0.4, -0.2) is 17.9 Å². The van der Waals surface area contributed by atoms with E-state index in [2.05, 4.69) is 5.32 Å². The summed E-state index contributed by atoms with van der Waals surface area (Å²) in [5.41, 5.74) is 1.50. The molecule has 0 amide bonds. The molecule has 0 radical (unpaired) electrons. The van der Waals surface area contributed by atoms with Crippen LogP contribution in [0.4, 0.5) is 0 Å². The highest BCUT2D eigenvalue weighted by molar-refractivity contribution is 6.03. The quantitative estimate of drug-likeness (QED) is 0.824. The summed E-state index contributed by atoms with van der Waals surface area (Å²) in [4.78, 5) is 12.5. The number of hydrogen-bond donors (Lipinski definition) is 1. The van der Waals surface area contributed by atoms with Crippen LogP contribution in [0.3, 0.4) is 0 Å². The molecule has 2 aromatic rings. The second-order valence-corrected chi connectivity index (χ2v) is 5.34. The molecule has 1 aliphatic rings. The molecule has 3 nitrogen and oxygen atoms in total. The molecule has 94 valence electrons. The average molecular weight is 243 g/mol. The summed E-state index contributed by atoms with van der Waals surface area (Å²) in [6.45, 7) is 4.90. The minimum atomic E-state index is -0.455. The first-order chi connectivity index (χ1) is 8.58. The average Bonchev–Trinajstić information content (AvgIpc) is 2.94. The molecule has 1 atom stereocenters. The lowest BCUT2D eigenvalue weighted by atomic mass is 9.93. The van der Waals surface area contributed by atoms with Gasteiger partial charge < -0.3 is 9.73 Å². The van der Waals surface area contributed by atoms with Crippen LogP contribution in [0, 0.1) is 6.92 Å². The van der Waals surface area contributed by atoms with Gasteiger partial charge in [-0.2, -0.15) is 0 Å². The molecule has 1 saturated heterocycles. The van der Waals surface area contributed by atoms with E-state index in [-0.39, 0.29) is 5.78 Å². The molecule has 18 heavy (non-hydrogen) atoms. The number of fused-ring (bicyclic) bond motifs is 1. The lowest BCUT2D eigenvalue weighted by molar-refractivity contribution is 0.0857. The Morgan fingerprint density at radius 2 is 2.22 bits per heavy atom. The standard InChI is InChI=1S/C15H17NO2/c1-10-4-5-12-11(8-10)9-13(18-12)14(17)15(2)6-3-7-16-15/h4-5,8-9,16H,3,6-7H2,1-2H3. The van der Waals surface area contributed by atoms with E-state index in [4.69, 9.17) is 4.42 Å². The molecule has 1 N–H and O–H groups in total. The number of nitrogens with one attached hydrogen (secondary N) is 1. The second kappa shape index (κ2) is 3.95. The van der Waals surface area contributed by atoms with Crippen LogP contribution in [0.15, 0.2) is 28.7 Å². The van der Waals surface area contributed by atoms with E-state index in [0.29, 0.717) is 5.76 Å². The van der Waals surface area contributed by atoms with Crippen molar-refractivity contribution >= 4 is 16.8 Å². The van der Waals surface area contributed by atoms with Crippen molar-refractivity contribution in [3.05, 3.63) is 35.6 Å². The van der Waals surface area contributed by atoms with E-state index in [1.165, 1.54) is 5.56 Å². The molecule has 1 aliphatic heterocycles. The van der Waals surface area contributed by atoms with Gasteiger partial charge in [0, 0.05) is 5.39 Å². The largest absolute Gasteiger partial charge is 0.453 e. The Bertz CT molecular complexity index is 606. The topological polar surface area (TPSA) is 42.2 Å². The predicted molar refractivity (Wildman–Crippen MR) is 70.9 cm³/mol. The van der Waals surface area contributed by atoms with Crippen molar-refractivity contribution in [3.8, 4) is 0 Å². The van der Waals surface area contributed by atoms with Crippen molar-refractivity contribution in [1.29, 1.82) is 0 Å². The van der Waals surface area contributed by atoms with Gasteiger partial charge in [0.05, 0.1) is 5.54 Å². The van der Waals surface area contributed by atoms with Crippen LogP contribution in [-0.2, 0) is 0 Å². The zero-order chi connectivity index (χ0) is 12.8. The van der Waals surface area contributed by atoms with Crippen molar-refractivity contribution < 1.29 is 9.21 Å². The summed E-state index contributed by atoms with van der Waals surface area (Å²) in [5.74, 6) is 0.529. The molecule has 1 unspecified atom stereocenters. The van der Waals surface area contributed by atoms with E-state index < -0.39 is 5.54 Å². The molecule has 1 aromatic heterocycles. The van der Waals surface area contributed by atoms with Crippen LogP contribution >= 0.6 is 0 Å². The zero-order valence-corrected chi connectivity index (χ0v) is 10.7. The summed E-state index contributed by atoms with van der Waals surface area (Å²) in [5, 5.41) is 4.28. The lowest BCUT2D eigenvalue weighted by Gasteiger charge is -2.20. The van der Waals surface area contributed by atoms with Crippen LogP contribution in [0.5, 0.6) is 0 Å². The van der Waals surface area contributed by atoms with Gasteiger partial charge >= 0.3 is 0 Å². The van der Waals surface area contributed by atoms with Crippen molar-refractivity contribution in [1.82, 2.24) is 5.32 Å². The van der Waals surface area contributed by atoms with Crippen molar-refractivity contribution in [3.63, 3.8) is 0 Å². The molecule has 3 heteroatoms. The van der Waals surface area contributed by atoms with E-state index in [9.17, 15) is 4.79 Å². The lowest BCUT2D eigenvalue weighted by Crippen LogP contribution is -2.44. The zero-order valence-electron chi connectivity index (χ0n) is 10.7. The number of ketones is 1. The van der Waals surface area contributed by atoms with E-state index in [1.807, 2.05) is 38.1 Å². The summed E-state index contributed by atoms with van der Waals surface area (Å²) in [6, 6.07) is 7.82. The monoisotopic (exact) mass is 243 g/mol. The summed E-state index contributed by atoms with van der Waals surface area (Å²) >= 11 is 0. The molecule has 3 rings (SSSR count). The Morgan fingerprint density at radius 1 is 1.39 bits per heavy atom. The van der Waals surface area contributed by atoms with Gasteiger partial charge in [-0.05, 0) is 51.4 Å². The SMILES string of the molecule is Cc1ccc2oc(C(=O)C3(C)CCCN3)cc2c1. The summed E-state index contributed by atoms with van der Waals surface area (Å²) in [7, 11) is 0. The molecule has 2 heterocycles. The summed E-state index contributed by atoms with van der Waals surface area (Å²) in [6.07, 6.45) is 1.92. The van der Waals surface area contributed by atoms with Gasteiger partial charge in [-0.1, -0.05) is 11.6 Å². The Labute approximate surface area is 106 Å². The molecular weight excluding hydrogens is 226 g/mol. The number of Topliss-reactive ketones (excluding diaryl/α,β-unsaturated/α-hetero) is 1. The van der Waals surface area contributed by atoms with Gasteiger partial charge in [-0.15, -0.1) is 0 Å². The number of hydrogen-bond acceptors (Lipinski definition) is 3. The predicted octanol–water partition coefficient (Wildman–Crippen LogP) is 3.07. The van der Waals surface area contributed by atoms with Crippen molar-refractivity contribution in [2.45, 2.75) is 32.2 Å². The minimum absolute atomic E-state index is 0.0638. The maximum absolute atomic E-state index is 12.5. The molecule has 1 aromatic carbocycles. The molecule has 0 spiro atoms. The molecule has 0 aliphatic carbocycles. The number of aryl methyl sites for hydroxylation is 1. The van der Waals surface area contributed by atoms with Crippen LogP contribution in [0.1, 0.15) is 35.9 Å². The molecular formula is C15H17NO2. The third-order valence-electron chi connectivity index (χ3n) is 3.77. The highest BCUT2D eigenvalue weighted by Crippen LogP contribution is 2.27. The highest BCUT2D eigenvalue weighted by Gasteiger charge is 2.38. The Hall–Kier alpha value is -1.61. The maximum Gasteiger partial charge on any atom is 0.217 e. The van der Waals surface area contributed by atoms with Crippen LogP contribution < -0.4 is 5.32 Å². The fraction of sp³-hybridized carbons (Fsp3) is 0.400. The summed E-state index contributed by atoms with van der Waals surface area (Å²) < 4.78 is 5.67. The van der Waals surface area contributed by atoms with Gasteiger partial charge in [-0.3, -0.25) is 4.79 Å². The van der Waals surface area contributed by atoms with Crippen LogP contribution in [0.2, 0.25) is 0 Å². The van der Waals surface area contributed by atoms with E-state index in [1.54, 1.807) is 0 Å². The fourth-order valence-corrected chi connectivity index (χ4v) is 2.64. The normalized spacial score (nSPS) is 23.7. The number of furan rings is 1. The maximum atomic E-state index is 12.5. The van der Waals surface area contributed by atoms with Crippen molar-refractivity contribution in [2.24, 2.45) is 0 Å². The Kier molecular flexibility index (Phi) is 2.52. The van der Waals surface area contributed by atoms with E-state index >= 15 is 0 Å². The van der Waals surface area contributed by atoms with Gasteiger partial charge in [0.2, 0.25) is 5.78 Å². The molecule has 1 fully saturated rings. The fourth-order valence-electron chi connectivity index (χ4n) is 2.64. The first kappa shape index (κ1) is 11.5. The number of carbonyl (C=O) groups excluding carboxylic acids is 1. The molecule has 0 bridgehead atoms. The first-order valence-electron chi connectivity index (χ1n) is 6.38. The van der Waals surface area contributed by atoms with E-state index in [0.717, 1.165) is 30.4 Å². The van der Waals surface area contributed by atoms with Crippen LogP contribution in [0.25, 0.3) is 11.0 Å². The first-order valence-corrected chi connectivity index (χ1v) is 6.38. The number of carbonyl (C=O) groups is 1. The number of rotatable bonds is 2. The Morgan fingerprint density at radius 3 is 2.94 bits per heavy atom. The van der Waals surface area contributed by atoms with Crippen molar-refractivity contribution in [2.75, 3.05) is 6.54 Å². The molecule has 0 saturated carbocycles.